The predicted octanol–water partition coefficient (Wildman–Crippen LogP) is 3.59. The van der Waals surface area contributed by atoms with Crippen LogP contribution in [0.2, 0.25) is 0 Å². The van der Waals surface area contributed by atoms with E-state index in [-0.39, 0.29) is 18.2 Å². The standard InChI is InChI=1S/C25H34N2O5/c1-6-31-22-13-11-19(16-23(22)32-7-2)12-14-24(28)27(18(3)25(29)26-4)17-20-9-8-10-21(15-20)30-5/h8-11,13,15-16,18H,6-7,12,14,17H2,1-5H3,(H,26,29)/t18-/m1/s1. The van der Waals surface area contributed by atoms with Gasteiger partial charge < -0.3 is 24.4 Å². The van der Waals surface area contributed by atoms with E-state index in [9.17, 15) is 9.59 Å². The molecule has 0 aliphatic carbocycles. The van der Waals surface area contributed by atoms with E-state index in [1.54, 1.807) is 26.0 Å². The minimum absolute atomic E-state index is 0.101. The molecule has 0 aromatic heterocycles. The molecule has 2 amide bonds. The Kier molecular flexibility index (Phi) is 9.85. The number of hydrogen-bond donors (Lipinski definition) is 1. The van der Waals surface area contributed by atoms with E-state index in [1.807, 2.05) is 56.3 Å². The van der Waals surface area contributed by atoms with E-state index in [2.05, 4.69) is 5.32 Å². The summed E-state index contributed by atoms with van der Waals surface area (Å²) in [6.45, 7) is 6.98. The van der Waals surface area contributed by atoms with Gasteiger partial charge in [0.25, 0.3) is 0 Å². The fourth-order valence-electron chi connectivity index (χ4n) is 3.40. The van der Waals surface area contributed by atoms with Crippen molar-refractivity contribution in [1.29, 1.82) is 0 Å². The van der Waals surface area contributed by atoms with E-state index in [0.29, 0.717) is 43.4 Å². The quantitative estimate of drug-likeness (QED) is 0.544. The summed E-state index contributed by atoms with van der Waals surface area (Å²) >= 11 is 0. The molecule has 32 heavy (non-hydrogen) atoms. The summed E-state index contributed by atoms with van der Waals surface area (Å²) in [5, 5.41) is 2.63. The third-order valence-electron chi connectivity index (χ3n) is 5.14. The second kappa shape index (κ2) is 12.6. The average molecular weight is 443 g/mol. The number of ether oxygens (including phenoxy) is 3. The Hall–Kier alpha value is -3.22. The molecule has 0 saturated carbocycles. The highest BCUT2D eigenvalue weighted by molar-refractivity contribution is 5.87. The van der Waals surface area contributed by atoms with Crippen molar-refractivity contribution in [3.8, 4) is 17.2 Å². The zero-order valence-corrected chi connectivity index (χ0v) is 19.6. The number of benzene rings is 2. The van der Waals surface area contributed by atoms with Crippen LogP contribution in [-0.2, 0) is 22.6 Å². The number of carbonyl (C=O) groups excluding carboxylic acids is 2. The van der Waals surface area contributed by atoms with Crippen LogP contribution in [0.5, 0.6) is 17.2 Å². The molecule has 0 spiro atoms. The predicted molar refractivity (Wildman–Crippen MR) is 124 cm³/mol. The van der Waals surface area contributed by atoms with Gasteiger partial charge in [0.15, 0.2) is 11.5 Å². The summed E-state index contributed by atoms with van der Waals surface area (Å²) in [5.41, 5.74) is 1.87. The van der Waals surface area contributed by atoms with Crippen molar-refractivity contribution < 1.29 is 23.8 Å². The topological polar surface area (TPSA) is 77.1 Å². The van der Waals surface area contributed by atoms with Crippen LogP contribution in [-0.4, -0.2) is 50.1 Å². The molecule has 0 saturated heterocycles. The Morgan fingerprint density at radius 2 is 1.72 bits per heavy atom. The van der Waals surface area contributed by atoms with Gasteiger partial charge in [-0.05, 0) is 62.6 Å². The van der Waals surface area contributed by atoms with Gasteiger partial charge in [0.2, 0.25) is 11.8 Å². The number of rotatable bonds is 12. The molecular weight excluding hydrogens is 408 g/mol. The van der Waals surface area contributed by atoms with E-state index in [4.69, 9.17) is 14.2 Å². The summed E-state index contributed by atoms with van der Waals surface area (Å²) in [4.78, 5) is 27.1. The molecule has 0 aliphatic heterocycles. The number of likely N-dealkylation sites (N-methyl/N-ethyl adjacent to an activating group) is 1. The number of amides is 2. The Morgan fingerprint density at radius 3 is 2.38 bits per heavy atom. The first-order chi connectivity index (χ1) is 15.4. The van der Waals surface area contributed by atoms with Gasteiger partial charge in [-0.2, -0.15) is 0 Å². The smallest absolute Gasteiger partial charge is 0.242 e. The zero-order valence-electron chi connectivity index (χ0n) is 19.6. The van der Waals surface area contributed by atoms with Gasteiger partial charge in [-0.15, -0.1) is 0 Å². The molecule has 2 aromatic rings. The van der Waals surface area contributed by atoms with Crippen LogP contribution in [0.15, 0.2) is 42.5 Å². The van der Waals surface area contributed by atoms with Crippen molar-refractivity contribution in [2.45, 2.75) is 46.2 Å². The summed E-state index contributed by atoms with van der Waals surface area (Å²) in [7, 11) is 3.17. The molecule has 0 bridgehead atoms. The highest BCUT2D eigenvalue weighted by Crippen LogP contribution is 2.29. The lowest BCUT2D eigenvalue weighted by molar-refractivity contribution is -0.140. The highest BCUT2D eigenvalue weighted by Gasteiger charge is 2.25. The lowest BCUT2D eigenvalue weighted by Gasteiger charge is -2.28. The maximum atomic E-state index is 13.2. The lowest BCUT2D eigenvalue weighted by atomic mass is 10.1. The Balaban J connectivity index is 2.17. The van der Waals surface area contributed by atoms with Gasteiger partial charge in [0, 0.05) is 20.0 Å². The maximum Gasteiger partial charge on any atom is 0.242 e. The molecular formula is C25H34N2O5. The molecule has 1 N–H and O–H groups in total. The molecule has 0 radical (unpaired) electrons. The van der Waals surface area contributed by atoms with Crippen molar-refractivity contribution in [1.82, 2.24) is 10.2 Å². The molecule has 0 fully saturated rings. The Labute approximate surface area is 190 Å². The number of carbonyl (C=O) groups is 2. The van der Waals surface area contributed by atoms with Crippen molar-refractivity contribution in [3.63, 3.8) is 0 Å². The van der Waals surface area contributed by atoms with Gasteiger partial charge >= 0.3 is 0 Å². The van der Waals surface area contributed by atoms with Gasteiger partial charge in [-0.25, -0.2) is 0 Å². The SMILES string of the molecule is CCOc1ccc(CCC(=O)N(Cc2cccc(OC)c2)[C@H](C)C(=O)NC)cc1OCC. The molecule has 2 aromatic carbocycles. The van der Waals surface area contributed by atoms with Crippen LogP contribution < -0.4 is 19.5 Å². The fraction of sp³-hybridized carbons (Fsp3) is 0.440. The minimum Gasteiger partial charge on any atom is -0.497 e. The number of nitrogens with one attached hydrogen (secondary N) is 1. The number of aryl methyl sites for hydroxylation is 1. The van der Waals surface area contributed by atoms with Crippen molar-refractivity contribution in [2.75, 3.05) is 27.4 Å². The van der Waals surface area contributed by atoms with Crippen LogP contribution in [0.25, 0.3) is 0 Å². The molecule has 7 heteroatoms. The number of hydrogen-bond acceptors (Lipinski definition) is 5. The summed E-state index contributed by atoms with van der Waals surface area (Å²) in [6.07, 6.45) is 0.797. The third kappa shape index (κ3) is 6.90. The molecule has 0 aliphatic rings. The van der Waals surface area contributed by atoms with Gasteiger partial charge in [0.1, 0.15) is 11.8 Å². The largest absolute Gasteiger partial charge is 0.497 e. The van der Waals surface area contributed by atoms with Crippen molar-refractivity contribution in [2.24, 2.45) is 0 Å². The van der Waals surface area contributed by atoms with Crippen LogP contribution >= 0.6 is 0 Å². The van der Waals surface area contributed by atoms with Crippen LogP contribution in [0, 0.1) is 0 Å². The molecule has 7 nitrogen and oxygen atoms in total. The second-order valence-electron chi connectivity index (χ2n) is 7.31. The molecule has 0 heterocycles. The average Bonchev–Trinajstić information content (AvgIpc) is 2.81. The normalized spacial score (nSPS) is 11.4. The van der Waals surface area contributed by atoms with E-state index in [1.165, 1.54) is 0 Å². The zero-order chi connectivity index (χ0) is 23.5. The summed E-state index contributed by atoms with van der Waals surface area (Å²) in [6, 6.07) is 12.6. The van der Waals surface area contributed by atoms with Crippen LogP contribution in [0.3, 0.4) is 0 Å². The first-order valence-electron chi connectivity index (χ1n) is 11.0. The van der Waals surface area contributed by atoms with E-state index < -0.39 is 6.04 Å². The Morgan fingerprint density at radius 1 is 1.00 bits per heavy atom. The van der Waals surface area contributed by atoms with Gasteiger partial charge in [0.05, 0.1) is 20.3 Å². The first-order valence-corrected chi connectivity index (χ1v) is 11.0. The van der Waals surface area contributed by atoms with Crippen LogP contribution in [0.1, 0.15) is 38.3 Å². The maximum absolute atomic E-state index is 13.2. The van der Waals surface area contributed by atoms with Gasteiger partial charge in [-0.3, -0.25) is 9.59 Å². The Bertz CT molecular complexity index is 900. The molecule has 0 unspecified atom stereocenters. The lowest BCUT2D eigenvalue weighted by Crippen LogP contribution is -2.46. The monoisotopic (exact) mass is 442 g/mol. The third-order valence-corrected chi connectivity index (χ3v) is 5.14. The van der Waals surface area contributed by atoms with Crippen molar-refractivity contribution in [3.05, 3.63) is 53.6 Å². The molecule has 1 atom stereocenters. The fourth-order valence-corrected chi connectivity index (χ4v) is 3.40. The van der Waals surface area contributed by atoms with Gasteiger partial charge in [-0.1, -0.05) is 18.2 Å². The summed E-state index contributed by atoms with van der Waals surface area (Å²) < 4.78 is 16.6. The summed E-state index contributed by atoms with van der Waals surface area (Å²) in [5.74, 6) is 1.76. The van der Waals surface area contributed by atoms with Crippen LogP contribution in [0.4, 0.5) is 0 Å². The van der Waals surface area contributed by atoms with E-state index >= 15 is 0 Å². The minimum atomic E-state index is -0.599. The van der Waals surface area contributed by atoms with E-state index in [0.717, 1.165) is 11.1 Å². The first kappa shape index (κ1) is 25.0. The molecule has 2 rings (SSSR count). The number of methoxy groups -OCH3 is 1. The highest BCUT2D eigenvalue weighted by atomic mass is 16.5. The number of nitrogens with zero attached hydrogens (tertiary/aromatic N) is 1. The second-order valence-corrected chi connectivity index (χ2v) is 7.31. The molecule has 174 valence electrons. The van der Waals surface area contributed by atoms with Crippen molar-refractivity contribution >= 4 is 11.8 Å².